The Labute approximate surface area is 173 Å². The first-order valence-corrected chi connectivity index (χ1v) is 10.8. The Morgan fingerprint density at radius 2 is 1.74 bits per heavy atom. The lowest BCUT2D eigenvalue weighted by Gasteiger charge is -2.28. The third kappa shape index (κ3) is 7.03. The molecule has 0 saturated heterocycles. The number of rotatable bonds is 9. The smallest absolute Gasteiger partial charge is 0.242 e. The van der Waals surface area contributed by atoms with Crippen LogP contribution in [-0.4, -0.2) is 35.6 Å². The van der Waals surface area contributed by atoms with Gasteiger partial charge >= 0.3 is 0 Å². The highest BCUT2D eigenvalue weighted by atomic mass is 79.9. The van der Waals surface area contributed by atoms with Crippen molar-refractivity contribution in [3.05, 3.63) is 70.2 Å². The Morgan fingerprint density at radius 1 is 1.07 bits per heavy atom. The molecule has 2 aromatic carbocycles. The van der Waals surface area contributed by atoms with Crippen LogP contribution in [0.3, 0.4) is 0 Å². The minimum absolute atomic E-state index is 0.00502. The van der Waals surface area contributed by atoms with Crippen molar-refractivity contribution in [3.63, 3.8) is 0 Å². The number of nitrogens with one attached hydrogen (secondary N) is 1. The molecular weight excluding hydrogens is 424 g/mol. The molecule has 0 bridgehead atoms. The van der Waals surface area contributed by atoms with Gasteiger partial charge in [-0.15, -0.1) is 0 Å². The predicted octanol–water partition coefficient (Wildman–Crippen LogP) is 4.24. The van der Waals surface area contributed by atoms with Crippen molar-refractivity contribution in [2.45, 2.75) is 31.7 Å². The molecule has 2 rings (SSSR count). The summed E-state index contributed by atoms with van der Waals surface area (Å²) >= 11 is 5.15. The summed E-state index contributed by atoms with van der Waals surface area (Å²) in [7, 11) is 1.59. The van der Waals surface area contributed by atoms with Crippen LogP contribution in [0.2, 0.25) is 0 Å². The Morgan fingerprint density at radius 3 is 2.37 bits per heavy atom. The Hall–Kier alpha value is -1.79. The van der Waals surface area contributed by atoms with Crippen molar-refractivity contribution in [1.29, 1.82) is 0 Å². The Kier molecular flexibility index (Phi) is 8.88. The molecule has 0 radical (unpaired) electrons. The van der Waals surface area contributed by atoms with E-state index in [0.29, 0.717) is 13.0 Å². The number of hydrogen-bond donors (Lipinski definition) is 1. The van der Waals surface area contributed by atoms with E-state index in [-0.39, 0.29) is 11.8 Å². The minimum atomic E-state index is -0.509. The topological polar surface area (TPSA) is 49.4 Å². The van der Waals surface area contributed by atoms with Crippen LogP contribution in [0.4, 0.5) is 0 Å². The summed E-state index contributed by atoms with van der Waals surface area (Å²) in [5.74, 6) is 1.45. The van der Waals surface area contributed by atoms with E-state index >= 15 is 0 Å². The van der Waals surface area contributed by atoms with Gasteiger partial charge in [-0.25, -0.2) is 0 Å². The van der Waals surface area contributed by atoms with Gasteiger partial charge in [0.25, 0.3) is 0 Å². The van der Waals surface area contributed by atoms with E-state index in [4.69, 9.17) is 0 Å². The van der Waals surface area contributed by atoms with Crippen molar-refractivity contribution in [1.82, 2.24) is 10.2 Å². The maximum absolute atomic E-state index is 12.8. The molecule has 0 fully saturated rings. The molecule has 0 aliphatic carbocycles. The second-order valence-electron chi connectivity index (χ2n) is 6.23. The fourth-order valence-corrected chi connectivity index (χ4v) is 3.80. The molecule has 6 heteroatoms. The van der Waals surface area contributed by atoms with Gasteiger partial charge in [-0.1, -0.05) is 58.4 Å². The molecule has 0 saturated carbocycles. The first-order chi connectivity index (χ1) is 13.0. The van der Waals surface area contributed by atoms with Gasteiger partial charge in [0, 0.05) is 36.0 Å². The fourth-order valence-electron chi connectivity index (χ4n) is 2.65. The van der Waals surface area contributed by atoms with E-state index in [1.165, 1.54) is 5.56 Å². The van der Waals surface area contributed by atoms with Gasteiger partial charge < -0.3 is 10.2 Å². The van der Waals surface area contributed by atoms with Crippen LogP contribution in [-0.2, 0) is 21.9 Å². The van der Waals surface area contributed by atoms with E-state index in [1.807, 2.05) is 42.5 Å². The SMILES string of the molecule is CNC(=O)[C@@H](C)N(Cc1ccc(Br)cc1)C(=O)CCSCc1ccccc1. The zero-order valence-corrected chi connectivity index (χ0v) is 18.1. The van der Waals surface area contributed by atoms with Crippen molar-refractivity contribution < 1.29 is 9.59 Å². The summed E-state index contributed by atoms with van der Waals surface area (Å²) in [6.07, 6.45) is 0.412. The molecule has 4 nitrogen and oxygen atoms in total. The summed E-state index contributed by atoms with van der Waals surface area (Å²) in [5, 5.41) is 2.64. The quantitative estimate of drug-likeness (QED) is 0.583. The molecule has 0 aliphatic heterocycles. The molecule has 0 spiro atoms. The van der Waals surface area contributed by atoms with Crippen LogP contribution >= 0.6 is 27.7 Å². The number of benzene rings is 2. The Balaban J connectivity index is 1.95. The highest BCUT2D eigenvalue weighted by Crippen LogP contribution is 2.17. The first-order valence-electron chi connectivity index (χ1n) is 8.88. The number of halogens is 1. The normalized spacial score (nSPS) is 11.7. The van der Waals surface area contributed by atoms with Gasteiger partial charge in [-0.05, 0) is 30.2 Å². The second-order valence-corrected chi connectivity index (χ2v) is 8.25. The molecule has 144 valence electrons. The molecule has 27 heavy (non-hydrogen) atoms. The summed E-state index contributed by atoms with van der Waals surface area (Å²) in [6.45, 7) is 2.19. The summed E-state index contributed by atoms with van der Waals surface area (Å²) in [6, 6.07) is 17.5. The number of likely N-dealkylation sites (N-methyl/N-ethyl adjacent to an activating group) is 1. The molecule has 2 aromatic rings. The van der Waals surface area contributed by atoms with Crippen molar-refractivity contribution in [2.24, 2.45) is 0 Å². The van der Waals surface area contributed by atoms with E-state index in [9.17, 15) is 9.59 Å². The summed E-state index contributed by atoms with van der Waals surface area (Å²) in [4.78, 5) is 26.6. The number of nitrogens with zero attached hydrogens (tertiary/aromatic N) is 1. The molecule has 0 aromatic heterocycles. The average molecular weight is 449 g/mol. The van der Waals surface area contributed by atoms with E-state index < -0.39 is 6.04 Å². The fraction of sp³-hybridized carbons (Fsp3) is 0.333. The van der Waals surface area contributed by atoms with Gasteiger partial charge in [-0.3, -0.25) is 9.59 Å². The van der Waals surface area contributed by atoms with E-state index in [1.54, 1.807) is 30.6 Å². The first kappa shape index (κ1) is 21.5. The van der Waals surface area contributed by atoms with Gasteiger partial charge in [0.15, 0.2) is 0 Å². The van der Waals surface area contributed by atoms with Gasteiger partial charge in [0.05, 0.1) is 0 Å². The van der Waals surface area contributed by atoms with E-state index in [2.05, 4.69) is 33.4 Å². The maximum atomic E-state index is 12.8. The molecule has 0 aliphatic rings. The zero-order chi connectivity index (χ0) is 19.6. The average Bonchev–Trinajstić information content (AvgIpc) is 2.70. The van der Waals surface area contributed by atoms with Crippen LogP contribution in [0.5, 0.6) is 0 Å². The largest absolute Gasteiger partial charge is 0.357 e. The number of hydrogen-bond acceptors (Lipinski definition) is 3. The molecule has 0 unspecified atom stereocenters. The van der Waals surface area contributed by atoms with Crippen LogP contribution in [0.15, 0.2) is 59.1 Å². The third-order valence-electron chi connectivity index (χ3n) is 4.25. The monoisotopic (exact) mass is 448 g/mol. The Bertz CT molecular complexity index is 738. The number of carbonyl (C=O) groups excluding carboxylic acids is 2. The molecule has 1 N–H and O–H groups in total. The summed E-state index contributed by atoms with van der Waals surface area (Å²) in [5.41, 5.74) is 2.25. The van der Waals surface area contributed by atoms with Crippen molar-refractivity contribution in [3.8, 4) is 0 Å². The van der Waals surface area contributed by atoms with Crippen LogP contribution in [0.1, 0.15) is 24.5 Å². The summed E-state index contributed by atoms with van der Waals surface area (Å²) < 4.78 is 0.987. The van der Waals surface area contributed by atoms with E-state index in [0.717, 1.165) is 21.5 Å². The van der Waals surface area contributed by atoms with Crippen LogP contribution < -0.4 is 5.32 Å². The molecular formula is C21H25BrN2O2S. The lowest BCUT2D eigenvalue weighted by atomic mass is 10.1. The van der Waals surface area contributed by atoms with Crippen LogP contribution in [0.25, 0.3) is 0 Å². The standard InChI is InChI=1S/C21H25BrN2O2S/c1-16(21(26)23-2)24(14-17-8-10-19(22)11-9-17)20(25)12-13-27-15-18-6-4-3-5-7-18/h3-11,16H,12-15H2,1-2H3,(H,23,26)/t16-/m1/s1. The van der Waals surface area contributed by atoms with Crippen molar-refractivity contribution in [2.75, 3.05) is 12.8 Å². The van der Waals surface area contributed by atoms with Crippen molar-refractivity contribution >= 4 is 39.5 Å². The lowest BCUT2D eigenvalue weighted by Crippen LogP contribution is -2.46. The second kappa shape index (κ2) is 11.1. The number of amides is 2. The molecule has 1 atom stereocenters. The third-order valence-corrected chi connectivity index (χ3v) is 5.81. The predicted molar refractivity (Wildman–Crippen MR) is 115 cm³/mol. The minimum Gasteiger partial charge on any atom is -0.357 e. The zero-order valence-electron chi connectivity index (χ0n) is 15.7. The lowest BCUT2D eigenvalue weighted by molar-refractivity contribution is -0.140. The number of carbonyl (C=O) groups is 2. The maximum Gasteiger partial charge on any atom is 0.242 e. The van der Waals surface area contributed by atoms with Gasteiger partial charge in [0.2, 0.25) is 11.8 Å². The van der Waals surface area contributed by atoms with Gasteiger partial charge in [-0.2, -0.15) is 11.8 Å². The highest BCUT2D eigenvalue weighted by Gasteiger charge is 2.25. The highest BCUT2D eigenvalue weighted by molar-refractivity contribution is 9.10. The number of thioether (sulfide) groups is 1. The van der Waals surface area contributed by atoms with Gasteiger partial charge in [0.1, 0.15) is 6.04 Å². The molecule has 0 heterocycles. The van der Waals surface area contributed by atoms with Crippen LogP contribution in [0, 0.1) is 0 Å². The molecule has 2 amide bonds.